The molecule has 17 heavy (non-hydrogen) atoms. The van der Waals surface area contributed by atoms with Crippen LogP contribution in [0.1, 0.15) is 26.7 Å². The first-order valence-corrected chi connectivity index (χ1v) is 6.05. The maximum Gasteiger partial charge on any atom is 0.324 e. The van der Waals surface area contributed by atoms with E-state index in [-0.39, 0.29) is 5.60 Å². The average molecular weight is 244 g/mol. The summed E-state index contributed by atoms with van der Waals surface area (Å²) < 4.78 is 5.58. The van der Waals surface area contributed by atoms with E-state index in [1.165, 1.54) is 0 Å². The van der Waals surface area contributed by atoms with Crippen LogP contribution in [0.4, 0.5) is 0 Å². The number of nitrogens with one attached hydrogen (secondary N) is 1. The molecule has 1 rings (SSSR count). The second kappa shape index (κ2) is 5.33. The Hall–Kier alpha value is -0.650. The van der Waals surface area contributed by atoms with Gasteiger partial charge < -0.3 is 20.1 Å². The van der Waals surface area contributed by atoms with E-state index < -0.39 is 11.5 Å². The molecular weight excluding hydrogens is 220 g/mol. The van der Waals surface area contributed by atoms with Crippen molar-refractivity contribution in [1.82, 2.24) is 10.2 Å². The molecule has 1 heterocycles. The summed E-state index contributed by atoms with van der Waals surface area (Å²) in [7, 11) is 3.95. The second-order valence-electron chi connectivity index (χ2n) is 5.65. The maximum atomic E-state index is 11.5. The number of hydrogen-bond acceptors (Lipinski definition) is 4. The molecule has 0 saturated carbocycles. The fourth-order valence-electron chi connectivity index (χ4n) is 2.30. The molecule has 0 amide bonds. The number of rotatable bonds is 5. The molecule has 5 heteroatoms. The smallest absolute Gasteiger partial charge is 0.324 e. The van der Waals surface area contributed by atoms with Crippen molar-refractivity contribution in [2.75, 3.05) is 33.8 Å². The van der Waals surface area contributed by atoms with E-state index in [9.17, 15) is 9.90 Å². The lowest BCUT2D eigenvalue weighted by atomic mass is 9.81. The van der Waals surface area contributed by atoms with Gasteiger partial charge in [0.25, 0.3) is 0 Å². The summed E-state index contributed by atoms with van der Waals surface area (Å²) in [5.74, 6) is -0.771. The van der Waals surface area contributed by atoms with Gasteiger partial charge in [0.15, 0.2) is 0 Å². The molecule has 1 aliphatic heterocycles. The predicted molar refractivity (Wildman–Crippen MR) is 66.2 cm³/mol. The van der Waals surface area contributed by atoms with Crippen molar-refractivity contribution >= 4 is 5.97 Å². The zero-order valence-electron chi connectivity index (χ0n) is 11.2. The van der Waals surface area contributed by atoms with Gasteiger partial charge in [-0.1, -0.05) is 0 Å². The Labute approximate surface area is 103 Å². The summed E-state index contributed by atoms with van der Waals surface area (Å²) in [5, 5.41) is 12.7. The molecule has 0 radical (unpaired) electrons. The number of hydrogen-bond donors (Lipinski definition) is 2. The molecule has 0 spiro atoms. The van der Waals surface area contributed by atoms with E-state index >= 15 is 0 Å². The van der Waals surface area contributed by atoms with Crippen LogP contribution in [0.3, 0.4) is 0 Å². The zero-order valence-corrected chi connectivity index (χ0v) is 11.2. The summed E-state index contributed by atoms with van der Waals surface area (Å²) in [6.45, 7) is 5.88. The van der Waals surface area contributed by atoms with Crippen LogP contribution in [0.5, 0.6) is 0 Å². The van der Waals surface area contributed by atoms with E-state index in [0.717, 1.165) is 6.54 Å². The number of ether oxygens (including phenoxy) is 1. The molecule has 1 saturated heterocycles. The number of likely N-dealkylation sites (N-methyl/N-ethyl adjacent to an activating group) is 1. The lowest BCUT2D eigenvalue weighted by Crippen LogP contribution is -2.60. The van der Waals surface area contributed by atoms with Crippen LogP contribution in [0.25, 0.3) is 0 Å². The van der Waals surface area contributed by atoms with E-state index in [1.807, 2.05) is 32.8 Å². The SMILES string of the molecule is CN(C)CCNC1(C(=O)O)CCOC(C)(C)C1. The number of aliphatic carboxylic acids is 1. The van der Waals surface area contributed by atoms with Crippen molar-refractivity contribution in [2.24, 2.45) is 0 Å². The first-order valence-electron chi connectivity index (χ1n) is 6.05. The normalized spacial score (nSPS) is 28.3. The largest absolute Gasteiger partial charge is 0.480 e. The van der Waals surface area contributed by atoms with Crippen LogP contribution >= 0.6 is 0 Å². The van der Waals surface area contributed by atoms with Gasteiger partial charge >= 0.3 is 5.97 Å². The van der Waals surface area contributed by atoms with Gasteiger partial charge in [-0.3, -0.25) is 4.79 Å². The van der Waals surface area contributed by atoms with Crippen molar-refractivity contribution in [3.8, 4) is 0 Å². The lowest BCUT2D eigenvalue weighted by Gasteiger charge is -2.42. The van der Waals surface area contributed by atoms with Gasteiger partial charge in [-0.05, 0) is 34.4 Å². The molecule has 0 aromatic carbocycles. The van der Waals surface area contributed by atoms with Crippen LogP contribution in [-0.2, 0) is 9.53 Å². The summed E-state index contributed by atoms with van der Waals surface area (Å²) >= 11 is 0. The second-order valence-corrected chi connectivity index (χ2v) is 5.65. The molecule has 1 unspecified atom stereocenters. The maximum absolute atomic E-state index is 11.5. The van der Waals surface area contributed by atoms with E-state index in [0.29, 0.717) is 26.0 Å². The first kappa shape index (κ1) is 14.4. The number of carboxylic acid groups (broad SMARTS) is 1. The highest BCUT2D eigenvalue weighted by molar-refractivity contribution is 5.79. The Morgan fingerprint density at radius 3 is 2.59 bits per heavy atom. The van der Waals surface area contributed by atoms with Gasteiger partial charge in [-0.2, -0.15) is 0 Å². The van der Waals surface area contributed by atoms with Crippen molar-refractivity contribution in [3.63, 3.8) is 0 Å². The van der Waals surface area contributed by atoms with E-state index in [2.05, 4.69) is 5.32 Å². The van der Waals surface area contributed by atoms with Crippen molar-refractivity contribution in [2.45, 2.75) is 37.8 Å². The van der Waals surface area contributed by atoms with Gasteiger partial charge in [0.05, 0.1) is 5.60 Å². The Bertz CT molecular complexity index is 279. The van der Waals surface area contributed by atoms with Gasteiger partial charge in [0.1, 0.15) is 5.54 Å². The summed E-state index contributed by atoms with van der Waals surface area (Å²) in [6.07, 6.45) is 1.03. The minimum absolute atomic E-state index is 0.373. The molecule has 0 aromatic heterocycles. The Kier molecular flexibility index (Phi) is 4.52. The van der Waals surface area contributed by atoms with Gasteiger partial charge in [-0.15, -0.1) is 0 Å². The Balaban J connectivity index is 2.66. The molecule has 2 N–H and O–H groups in total. The van der Waals surface area contributed by atoms with Crippen molar-refractivity contribution in [1.29, 1.82) is 0 Å². The van der Waals surface area contributed by atoms with Crippen molar-refractivity contribution in [3.05, 3.63) is 0 Å². The number of nitrogens with zero attached hydrogens (tertiary/aromatic N) is 1. The quantitative estimate of drug-likeness (QED) is 0.739. The van der Waals surface area contributed by atoms with Gasteiger partial charge in [0.2, 0.25) is 0 Å². The molecule has 0 aliphatic carbocycles. The topological polar surface area (TPSA) is 61.8 Å². The highest BCUT2D eigenvalue weighted by Gasteiger charge is 2.46. The number of carbonyl (C=O) groups is 1. The number of carboxylic acids is 1. The first-order chi connectivity index (χ1) is 7.77. The zero-order chi connectivity index (χ0) is 13.1. The molecule has 1 atom stereocenters. The highest BCUT2D eigenvalue weighted by Crippen LogP contribution is 2.32. The van der Waals surface area contributed by atoms with Crippen LogP contribution in [0.15, 0.2) is 0 Å². The third kappa shape index (κ3) is 3.94. The monoisotopic (exact) mass is 244 g/mol. The van der Waals surface area contributed by atoms with E-state index in [1.54, 1.807) is 0 Å². The minimum Gasteiger partial charge on any atom is -0.480 e. The fraction of sp³-hybridized carbons (Fsp3) is 0.917. The molecule has 5 nitrogen and oxygen atoms in total. The average Bonchev–Trinajstić information content (AvgIpc) is 2.15. The molecule has 0 bridgehead atoms. The molecule has 1 aliphatic rings. The van der Waals surface area contributed by atoms with Crippen LogP contribution < -0.4 is 5.32 Å². The van der Waals surface area contributed by atoms with Gasteiger partial charge in [0, 0.05) is 26.1 Å². The molecular formula is C12H24N2O3. The van der Waals surface area contributed by atoms with E-state index in [4.69, 9.17) is 4.74 Å². The lowest BCUT2D eigenvalue weighted by molar-refractivity contribution is -0.158. The third-order valence-electron chi connectivity index (χ3n) is 3.18. The molecule has 0 aromatic rings. The fourth-order valence-corrected chi connectivity index (χ4v) is 2.30. The van der Waals surface area contributed by atoms with Crippen LogP contribution in [0, 0.1) is 0 Å². The van der Waals surface area contributed by atoms with Crippen LogP contribution in [-0.4, -0.2) is 60.9 Å². The summed E-state index contributed by atoms with van der Waals surface area (Å²) in [4.78, 5) is 13.5. The predicted octanol–water partition coefficient (Wildman–Crippen LogP) is 0.550. The highest BCUT2D eigenvalue weighted by atomic mass is 16.5. The summed E-state index contributed by atoms with van der Waals surface area (Å²) in [6, 6.07) is 0. The van der Waals surface area contributed by atoms with Crippen molar-refractivity contribution < 1.29 is 14.6 Å². The molecule has 100 valence electrons. The Morgan fingerprint density at radius 2 is 2.12 bits per heavy atom. The third-order valence-corrected chi connectivity index (χ3v) is 3.18. The van der Waals surface area contributed by atoms with Gasteiger partial charge in [-0.25, -0.2) is 0 Å². The molecule has 1 fully saturated rings. The summed E-state index contributed by atoms with van der Waals surface area (Å²) in [5.41, 5.74) is -1.21. The van der Waals surface area contributed by atoms with Crippen LogP contribution in [0.2, 0.25) is 0 Å². The minimum atomic E-state index is -0.836. The standard InChI is InChI=1S/C12H24N2O3/c1-11(2)9-12(10(15)16,5-8-17-11)13-6-7-14(3)4/h13H,5-9H2,1-4H3,(H,15,16). The Morgan fingerprint density at radius 1 is 1.47 bits per heavy atom.